The first-order chi connectivity index (χ1) is 15.2. The van der Waals surface area contributed by atoms with E-state index in [1.807, 2.05) is 79.7 Å². The molecule has 0 aliphatic carbocycles. The summed E-state index contributed by atoms with van der Waals surface area (Å²) < 4.78 is 16.8. The average molecular weight is 420 g/mol. The maximum Gasteiger partial charge on any atom is 0.193 e. The largest absolute Gasteiger partial charge is 0.457 e. The van der Waals surface area contributed by atoms with Crippen LogP contribution in [0.2, 0.25) is 0 Å². The molecule has 0 atom stereocenters. The van der Waals surface area contributed by atoms with Crippen LogP contribution in [0.1, 0.15) is 18.1 Å². The number of nitrogens with zero attached hydrogens (tertiary/aromatic N) is 1. The monoisotopic (exact) mass is 419 g/mol. The topological polar surface area (TPSA) is 78.1 Å². The highest BCUT2D eigenvalue weighted by molar-refractivity contribution is 5.92. The molecule has 6 heteroatoms. The smallest absolute Gasteiger partial charge is 0.193 e. The Morgan fingerprint density at radius 3 is 2.42 bits per heavy atom. The molecule has 6 nitrogen and oxygen atoms in total. The number of hydrogen-bond acceptors (Lipinski definition) is 4. The number of para-hydroxylation sites is 1. The lowest BCUT2D eigenvalue weighted by atomic mass is 10.1. The van der Waals surface area contributed by atoms with Gasteiger partial charge in [0.1, 0.15) is 11.5 Å². The zero-order valence-corrected chi connectivity index (χ0v) is 17.8. The summed E-state index contributed by atoms with van der Waals surface area (Å²) in [6.45, 7) is 4.90. The van der Waals surface area contributed by atoms with Gasteiger partial charge in [-0.25, -0.2) is 4.99 Å². The number of nitrogens with two attached hydrogens (primary N) is 1. The van der Waals surface area contributed by atoms with E-state index in [0.29, 0.717) is 38.9 Å². The van der Waals surface area contributed by atoms with Gasteiger partial charge >= 0.3 is 0 Å². The van der Waals surface area contributed by atoms with Crippen molar-refractivity contribution in [1.82, 2.24) is 0 Å². The molecule has 0 aliphatic rings. The van der Waals surface area contributed by atoms with Gasteiger partial charge in [0.05, 0.1) is 26.4 Å². The molecule has 31 heavy (non-hydrogen) atoms. The Morgan fingerprint density at radius 1 is 0.839 bits per heavy atom. The van der Waals surface area contributed by atoms with Crippen molar-refractivity contribution < 1.29 is 14.2 Å². The summed E-state index contributed by atoms with van der Waals surface area (Å²) in [7, 11) is 0. The van der Waals surface area contributed by atoms with Crippen molar-refractivity contribution in [1.29, 1.82) is 0 Å². The third-order valence-corrected chi connectivity index (χ3v) is 4.35. The second-order valence-electron chi connectivity index (χ2n) is 6.84. The van der Waals surface area contributed by atoms with E-state index in [-0.39, 0.29) is 0 Å². The van der Waals surface area contributed by atoms with E-state index in [1.165, 1.54) is 0 Å². The van der Waals surface area contributed by atoms with Crippen LogP contribution in [0.5, 0.6) is 11.5 Å². The van der Waals surface area contributed by atoms with Gasteiger partial charge in [-0.2, -0.15) is 0 Å². The summed E-state index contributed by atoms with van der Waals surface area (Å²) >= 11 is 0. The predicted molar refractivity (Wildman–Crippen MR) is 124 cm³/mol. The second kappa shape index (κ2) is 12.4. The summed E-state index contributed by atoms with van der Waals surface area (Å²) in [6.07, 6.45) is 0. The lowest BCUT2D eigenvalue weighted by Gasteiger charge is -2.10. The van der Waals surface area contributed by atoms with Gasteiger partial charge < -0.3 is 25.3 Å². The Kier molecular flexibility index (Phi) is 8.91. The quantitative estimate of drug-likeness (QED) is 0.261. The molecule has 0 heterocycles. The van der Waals surface area contributed by atoms with Crippen LogP contribution < -0.4 is 15.8 Å². The molecule has 0 amide bonds. The molecule has 0 bridgehead atoms. The Hall–Kier alpha value is -3.35. The number of anilines is 1. The van der Waals surface area contributed by atoms with Gasteiger partial charge in [-0.05, 0) is 42.3 Å². The molecular weight excluding hydrogens is 390 g/mol. The van der Waals surface area contributed by atoms with E-state index in [2.05, 4.69) is 16.4 Å². The third kappa shape index (κ3) is 8.12. The predicted octanol–water partition coefficient (Wildman–Crippen LogP) is 4.96. The molecular formula is C25H29N3O3. The summed E-state index contributed by atoms with van der Waals surface area (Å²) in [5, 5.41) is 3.12. The molecule has 3 aromatic carbocycles. The minimum Gasteiger partial charge on any atom is -0.457 e. The highest BCUT2D eigenvalue weighted by Crippen LogP contribution is 2.23. The van der Waals surface area contributed by atoms with Gasteiger partial charge in [0.15, 0.2) is 5.96 Å². The molecule has 0 saturated heterocycles. The standard InChI is InChI=1S/C25H29N3O3/c1-2-29-14-15-30-19-21-9-6-8-20(16-21)18-27-25(26)28-22-10-7-13-24(17-22)31-23-11-4-3-5-12-23/h3-13,16-17H,2,14-15,18-19H2,1H3,(H3,26,27,28). The second-order valence-corrected chi connectivity index (χ2v) is 6.84. The maximum atomic E-state index is 6.08. The highest BCUT2D eigenvalue weighted by Gasteiger charge is 2.01. The van der Waals surface area contributed by atoms with Crippen molar-refractivity contribution in [2.24, 2.45) is 10.7 Å². The number of aliphatic imine (C=N–C) groups is 1. The summed E-state index contributed by atoms with van der Waals surface area (Å²) in [6, 6.07) is 25.4. The Morgan fingerprint density at radius 2 is 1.58 bits per heavy atom. The molecule has 0 fully saturated rings. The fourth-order valence-electron chi connectivity index (χ4n) is 2.90. The van der Waals surface area contributed by atoms with Gasteiger partial charge in [0.25, 0.3) is 0 Å². The lowest BCUT2D eigenvalue weighted by molar-refractivity contribution is 0.0453. The van der Waals surface area contributed by atoms with Crippen LogP contribution in [0.15, 0.2) is 83.9 Å². The van der Waals surface area contributed by atoms with Crippen molar-refractivity contribution >= 4 is 11.6 Å². The van der Waals surface area contributed by atoms with Gasteiger partial charge in [-0.3, -0.25) is 0 Å². The van der Waals surface area contributed by atoms with Gasteiger partial charge in [-0.1, -0.05) is 48.5 Å². The number of rotatable bonds is 11. The Labute approximate surface area is 183 Å². The molecule has 0 saturated carbocycles. The van der Waals surface area contributed by atoms with E-state index in [1.54, 1.807) is 0 Å². The zero-order chi connectivity index (χ0) is 21.7. The fraction of sp³-hybridized carbons (Fsp3) is 0.240. The fourth-order valence-corrected chi connectivity index (χ4v) is 2.90. The number of ether oxygens (including phenoxy) is 3. The summed E-state index contributed by atoms with van der Waals surface area (Å²) in [5.74, 6) is 1.85. The van der Waals surface area contributed by atoms with Crippen LogP contribution in [0, 0.1) is 0 Å². The maximum absolute atomic E-state index is 6.08. The average Bonchev–Trinajstić information content (AvgIpc) is 2.79. The molecule has 162 valence electrons. The summed E-state index contributed by atoms with van der Waals surface area (Å²) in [4.78, 5) is 4.45. The Balaban J connectivity index is 1.52. The number of nitrogens with one attached hydrogen (secondary N) is 1. The van der Waals surface area contributed by atoms with Gasteiger partial charge in [-0.15, -0.1) is 0 Å². The molecule has 3 aromatic rings. The minimum absolute atomic E-state index is 0.343. The first-order valence-electron chi connectivity index (χ1n) is 10.4. The molecule has 3 rings (SSSR count). The van der Waals surface area contributed by atoms with Crippen molar-refractivity contribution in [3.05, 3.63) is 90.0 Å². The molecule has 0 spiro atoms. The highest BCUT2D eigenvalue weighted by atomic mass is 16.5. The number of hydrogen-bond donors (Lipinski definition) is 2. The zero-order valence-electron chi connectivity index (χ0n) is 17.8. The third-order valence-electron chi connectivity index (χ3n) is 4.35. The van der Waals surface area contributed by atoms with Crippen molar-refractivity contribution in [3.63, 3.8) is 0 Å². The van der Waals surface area contributed by atoms with Crippen LogP contribution in [0.3, 0.4) is 0 Å². The van der Waals surface area contributed by atoms with E-state index in [4.69, 9.17) is 19.9 Å². The lowest BCUT2D eigenvalue weighted by Crippen LogP contribution is -2.22. The first-order valence-corrected chi connectivity index (χ1v) is 10.4. The molecule has 0 aliphatic heterocycles. The molecule has 3 N–H and O–H groups in total. The van der Waals surface area contributed by atoms with Crippen LogP contribution >= 0.6 is 0 Å². The summed E-state index contributed by atoms with van der Waals surface area (Å²) in [5.41, 5.74) is 9.06. The van der Waals surface area contributed by atoms with E-state index < -0.39 is 0 Å². The number of guanidine groups is 1. The van der Waals surface area contributed by atoms with E-state index >= 15 is 0 Å². The van der Waals surface area contributed by atoms with Crippen molar-refractivity contribution in [2.75, 3.05) is 25.1 Å². The van der Waals surface area contributed by atoms with Crippen molar-refractivity contribution in [2.45, 2.75) is 20.1 Å². The van der Waals surface area contributed by atoms with E-state index in [0.717, 1.165) is 28.3 Å². The van der Waals surface area contributed by atoms with Crippen LogP contribution in [-0.4, -0.2) is 25.8 Å². The first kappa shape index (κ1) is 22.3. The van der Waals surface area contributed by atoms with Gasteiger partial charge in [0.2, 0.25) is 0 Å². The van der Waals surface area contributed by atoms with Gasteiger partial charge in [0, 0.05) is 18.4 Å². The molecule has 0 unspecified atom stereocenters. The van der Waals surface area contributed by atoms with E-state index in [9.17, 15) is 0 Å². The SMILES string of the molecule is CCOCCOCc1cccc(CN=C(N)Nc2cccc(Oc3ccccc3)c2)c1. The van der Waals surface area contributed by atoms with Crippen LogP contribution in [0.4, 0.5) is 5.69 Å². The van der Waals surface area contributed by atoms with Crippen molar-refractivity contribution in [3.8, 4) is 11.5 Å². The Bertz CT molecular complexity index is 961. The molecule has 0 aromatic heterocycles. The van der Waals surface area contributed by atoms with Crippen LogP contribution in [0.25, 0.3) is 0 Å². The normalized spacial score (nSPS) is 11.3. The molecule has 0 radical (unpaired) electrons. The minimum atomic E-state index is 0.343. The van der Waals surface area contributed by atoms with Crippen LogP contribution in [-0.2, 0) is 22.6 Å². The number of benzene rings is 3.